The summed E-state index contributed by atoms with van der Waals surface area (Å²) in [6, 6.07) is 6.81. The average Bonchev–Trinajstić information content (AvgIpc) is 3.06. The number of halogens is 3. The Morgan fingerprint density at radius 2 is 1.85 bits per heavy atom. The lowest BCUT2D eigenvalue weighted by Gasteiger charge is -2.32. The Balaban J connectivity index is 1.58. The van der Waals surface area contributed by atoms with Gasteiger partial charge in [0.25, 0.3) is 5.56 Å². The van der Waals surface area contributed by atoms with Crippen LogP contribution in [0.25, 0.3) is 4.96 Å². The minimum Gasteiger partial charge on any atom is -0.357 e. The summed E-state index contributed by atoms with van der Waals surface area (Å²) in [6.07, 6.45) is 0.980. The normalized spacial score (nSPS) is 20.7. The Morgan fingerprint density at radius 1 is 1.11 bits per heavy atom. The predicted octanol–water partition coefficient (Wildman–Crippen LogP) is 4.31. The van der Waals surface area contributed by atoms with Crippen molar-refractivity contribution in [1.82, 2.24) is 14.6 Å². The highest BCUT2D eigenvalue weighted by molar-refractivity contribution is 7.20. The van der Waals surface area contributed by atoms with Crippen molar-refractivity contribution in [2.75, 3.05) is 5.32 Å². The van der Waals surface area contributed by atoms with Gasteiger partial charge in [0, 0.05) is 24.2 Å². The van der Waals surface area contributed by atoms with Gasteiger partial charge in [-0.3, -0.25) is 4.79 Å². The first-order valence-corrected chi connectivity index (χ1v) is 9.52. The minimum absolute atomic E-state index is 0.0479. The van der Waals surface area contributed by atoms with Gasteiger partial charge >= 0.3 is 6.18 Å². The number of alkyl halides is 3. The molecule has 0 bridgehead atoms. The number of hydrogen-bond donors (Lipinski definition) is 1. The van der Waals surface area contributed by atoms with Crippen molar-refractivity contribution < 1.29 is 13.2 Å². The third-order valence-electron chi connectivity index (χ3n) is 4.91. The second kappa shape index (κ2) is 6.95. The maximum atomic E-state index is 12.8. The minimum atomic E-state index is -4.33. The van der Waals surface area contributed by atoms with Crippen LogP contribution in [0.15, 0.2) is 41.3 Å². The molecule has 4 rings (SSSR count). The standard InChI is InChI=1S/C18H17F3N4OS/c19-18(20,21)12-7-5-11(6-8-12)13-3-1-2-4-14(13)23-16-24-25-15(26)9-10-22-17(25)27-16/h5-10,13-14H,1-4H2,(H,23,24). The monoisotopic (exact) mass is 394 g/mol. The molecule has 2 unspecified atom stereocenters. The Morgan fingerprint density at radius 3 is 2.56 bits per heavy atom. The molecule has 0 radical (unpaired) electrons. The van der Waals surface area contributed by atoms with Crippen molar-refractivity contribution in [2.45, 2.75) is 43.8 Å². The van der Waals surface area contributed by atoms with Gasteiger partial charge in [-0.15, -0.1) is 5.10 Å². The Kier molecular flexibility index (Phi) is 4.63. The molecule has 2 aromatic heterocycles. The summed E-state index contributed by atoms with van der Waals surface area (Å²) in [7, 11) is 0. The Labute approximate surface area is 156 Å². The van der Waals surface area contributed by atoms with E-state index in [0.29, 0.717) is 10.1 Å². The summed E-state index contributed by atoms with van der Waals surface area (Å²) < 4.78 is 39.7. The quantitative estimate of drug-likeness (QED) is 0.719. The molecule has 3 aromatic rings. The van der Waals surface area contributed by atoms with Crippen LogP contribution in [0.1, 0.15) is 42.7 Å². The van der Waals surface area contributed by atoms with Crippen LogP contribution >= 0.6 is 11.3 Å². The van der Waals surface area contributed by atoms with E-state index in [4.69, 9.17) is 0 Å². The summed E-state index contributed by atoms with van der Waals surface area (Å²) in [5.74, 6) is 0.0951. The molecule has 0 aliphatic heterocycles. The number of nitrogens with one attached hydrogen (secondary N) is 1. The van der Waals surface area contributed by atoms with Gasteiger partial charge in [0.05, 0.1) is 5.56 Å². The van der Waals surface area contributed by atoms with Crippen LogP contribution in [0.3, 0.4) is 0 Å². The van der Waals surface area contributed by atoms with E-state index in [1.54, 1.807) is 12.1 Å². The van der Waals surface area contributed by atoms with Gasteiger partial charge in [0.15, 0.2) is 0 Å². The smallest absolute Gasteiger partial charge is 0.357 e. The van der Waals surface area contributed by atoms with Crippen LogP contribution in [-0.4, -0.2) is 20.6 Å². The maximum absolute atomic E-state index is 12.8. The van der Waals surface area contributed by atoms with Gasteiger partial charge in [-0.05, 0) is 30.5 Å². The predicted molar refractivity (Wildman–Crippen MR) is 97.2 cm³/mol. The number of hydrogen-bond acceptors (Lipinski definition) is 5. The zero-order valence-electron chi connectivity index (χ0n) is 14.2. The number of aromatic nitrogens is 3. The maximum Gasteiger partial charge on any atom is 0.416 e. The Hall–Kier alpha value is -2.42. The number of nitrogens with zero attached hydrogens (tertiary/aromatic N) is 3. The van der Waals surface area contributed by atoms with Crippen LogP contribution in [0.4, 0.5) is 18.3 Å². The molecular weight excluding hydrogens is 377 g/mol. The fraction of sp³-hybridized carbons (Fsp3) is 0.389. The van der Waals surface area contributed by atoms with Crippen molar-refractivity contribution in [2.24, 2.45) is 0 Å². The van der Waals surface area contributed by atoms with E-state index in [1.807, 2.05) is 0 Å². The molecule has 1 aromatic carbocycles. The van der Waals surface area contributed by atoms with Gasteiger partial charge in [-0.1, -0.05) is 36.3 Å². The zero-order chi connectivity index (χ0) is 19.0. The van der Waals surface area contributed by atoms with Crippen LogP contribution in [0.2, 0.25) is 0 Å². The van der Waals surface area contributed by atoms with Crippen molar-refractivity contribution in [3.8, 4) is 0 Å². The van der Waals surface area contributed by atoms with E-state index in [9.17, 15) is 18.0 Å². The average molecular weight is 394 g/mol. The van der Waals surface area contributed by atoms with E-state index in [0.717, 1.165) is 43.4 Å². The molecule has 1 fully saturated rings. The Bertz CT molecular complexity index is 996. The summed E-state index contributed by atoms with van der Waals surface area (Å²) in [4.78, 5) is 16.5. The molecule has 2 atom stereocenters. The van der Waals surface area contributed by atoms with E-state index >= 15 is 0 Å². The van der Waals surface area contributed by atoms with E-state index in [-0.39, 0.29) is 17.5 Å². The third-order valence-corrected chi connectivity index (χ3v) is 5.77. The molecule has 2 heterocycles. The van der Waals surface area contributed by atoms with Crippen LogP contribution in [0, 0.1) is 0 Å². The fourth-order valence-corrected chi connectivity index (χ4v) is 4.42. The number of benzene rings is 1. The highest BCUT2D eigenvalue weighted by Gasteiger charge is 2.32. The summed E-state index contributed by atoms with van der Waals surface area (Å²) in [5.41, 5.74) is 0.00651. The van der Waals surface area contributed by atoms with E-state index < -0.39 is 11.7 Å². The molecule has 1 N–H and O–H groups in total. The SMILES string of the molecule is O=c1ccnc2sc(NC3CCCCC3c3ccc(C(F)(F)F)cc3)nn12. The lowest BCUT2D eigenvalue weighted by atomic mass is 9.80. The highest BCUT2D eigenvalue weighted by Crippen LogP contribution is 2.37. The molecule has 27 heavy (non-hydrogen) atoms. The van der Waals surface area contributed by atoms with E-state index in [1.165, 1.54) is 28.1 Å². The number of fused-ring (bicyclic) bond motifs is 1. The molecule has 1 saturated carbocycles. The molecule has 142 valence electrons. The lowest BCUT2D eigenvalue weighted by molar-refractivity contribution is -0.137. The molecule has 0 amide bonds. The van der Waals surface area contributed by atoms with Crippen molar-refractivity contribution in [3.63, 3.8) is 0 Å². The second-order valence-corrected chi connectivity index (χ2v) is 7.60. The molecule has 5 nitrogen and oxygen atoms in total. The first-order valence-electron chi connectivity index (χ1n) is 8.70. The van der Waals surface area contributed by atoms with Crippen LogP contribution < -0.4 is 10.9 Å². The first kappa shape index (κ1) is 18.0. The summed E-state index contributed by atoms with van der Waals surface area (Å²) in [5, 5.41) is 8.25. The largest absolute Gasteiger partial charge is 0.416 e. The molecule has 1 aliphatic carbocycles. The molecule has 0 spiro atoms. The number of anilines is 1. The third kappa shape index (κ3) is 3.69. The van der Waals surface area contributed by atoms with Crippen molar-refractivity contribution >= 4 is 21.4 Å². The van der Waals surface area contributed by atoms with Gasteiger partial charge in [-0.25, -0.2) is 4.98 Å². The number of rotatable bonds is 3. The fourth-order valence-electron chi connectivity index (χ4n) is 3.58. The lowest BCUT2D eigenvalue weighted by Crippen LogP contribution is -2.30. The highest BCUT2D eigenvalue weighted by atomic mass is 32.1. The van der Waals surface area contributed by atoms with Gasteiger partial charge in [0.2, 0.25) is 10.1 Å². The molecule has 1 aliphatic rings. The molecule has 0 saturated heterocycles. The van der Waals surface area contributed by atoms with Crippen LogP contribution in [0.5, 0.6) is 0 Å². The second-order valence-electron chi connectivity index (χ2n) is 6.65. The molecule has 9 heteroatoms. The van der Waals surface area contributed by atoms with Gasteiger partial charge < -0.3 is 5.32 Å². The van der Waals surface area contributed by atoms with Crippen molar-refractivity contribution in [3.05, 3.63) is 58.0 Å². The van der Waals surface area contributed by atoms with Gasteiger partial charge in [-0.2, -0.15) is 17.7 Å². The molecular formula is C18H17F3N4OS. The summed E-state index contributed by atoms with van der Waals surface area (Å²) in [6.45, 7) is 0. The van der Waals surface area contributed by atoms with Crippen molar-refractivity contribution in [1.29, 1.82) is 0 Å². The summed E-state index contributed by atoms with van der Waals surface area (Å²) >= 11 is 1.29. The first-order chi connectivity index (χ1) is 12.9. The topological polar surface area (TPSA) is 59.3 Å². The van der Waals surface area contributed by atoms with Gasteiger partial charge in [0.1, 0.15) is 0 Å². The van der Waals surface area contributed by atoms with E-state index in [2.05, 4.69) is 15.4 Å². The zero-order valence-corrected chi connectivity index (χ0v) is 15.1. The van der Waals surface area contributed by atoms with Crippen LogP contribution in [-0.2, 0) is 6.18 Å².